The largest absolute Gasteiger partial charge is 0.458 e. The second kappa shape index (κ2) is 9.09. The van der Waals surface area contributed by atoms with E-state index in [0.29, 0.717) is 17.5 Å². The third-order valence-electron chi connectivity index (χ3n) is 4.36. The van der Waals surface area contributed by atoms with Crippen molar-refractivity contribution in [2.45, 2.75) is 46.3 Å². The number of benzene rings is 1. The summed E-state index contributed by atoms with van der Waals surface area (Å²) in [5, 5.41) is 0. The minimum Gasteiger partial charge on any atom is -0.458 e. The summed E-state index contributed by atoms with van der Waals surface area (Å²) in [7, 11) is 0. The smallest absolute Gasteiger partial charge is 0.338 e. The molecule has 1 aromatic carbocycles. The van der Waals surface area contributed by atoms with Gasteiger partial charge in [-0.2, -0.15) is 0 Å². The molecule has 0 aromatic heterocycles. The van der Waals surface area contributed by atoms with E-state index >= 15 is 0 Å². The summed E-state index contributed by atoms with van der Waals surface area (Å²) in [6, 6.07) is 9.68. The molecule has 0 saturated carbocycles. The highest BCUT2D eigenvalue weighted by Gasteiger charge is 2.33. The molecule has 0 radical (unpaired) electrons. The summed E-state index contributed by atoms with van der Waals surface area (Å²) in [5.41, 5.74) is 1.98. The quantitative estimate of drug-likeness (QED) is 0.605. The Morgan fingerprint density at radius 1 is 1.26 bits per heavy atom. The third kappa shape index (κ3) is 5.67. The zero-order valence-electron chi connectivity index (χ0n) is 14.5. The Morgan fingerprint density at radius 2 is 1.91 bits per heavy atom. The summed E-state index contributed by atoms with van der Waals surface area (Å²) in [4.78, 5) is 14.7. The Hall–Kier alpha value is -1.32. The van der Waals surface area contributed by atoms with Gasteiger partial charge >= 0.3 is 5.97 Å². The molecule has 23 heavy (non-hydrogen) atoms. The summed E-state index contributed by atoms with van der Waals surface area (Å²) in [6.07, 6.45) is 3.17. The Balaban J connectivity index is 0.00000264. The van der Waals surface area contributed by atoms with Crippen LogP contribution in [0.15, 0.2) is 42.0 Å². The number of hydrogen-bond donors (Lipinski definition) is 0. The molecule has 1 aliphatic rings. The van der Waals surface area contributed by atoms with Crippen molar-refractivity contribution in [2.75, 3.05) is 13.1 Å². The van der Waals surface area contributed by atoms with Crippen LogP contribution in [0.25, 0.3) is 0 Å². The fourth-order valence-electron chi connectivity index (χ4n) is 2.88. The van der Waals surface area contributed by atoms with Gasteiger partial charge in [-0.25, -0.2) is 4.79 Å². The molecule has 1 aromatic rings. The lowest BCUT2D eigenvalue weighted by molar-refractivity contribution is -0.0229. The number of allylic oxidation sites excluding steroid dienone is 1. The monoisotopic (exact) mass is 337 g/mol. The second-order valence-electron chi connectivity index (χ2n) is 6.61. The number of likely N-dealkylation sites (tertiary alicyclic amines) is 1. The van der Waals surface area contributed by atoms with E-state index in [-0.39, 0.29) is 24.5 Å². The van der Waals surface area contributed by atoms with Gasteiger partial charge < -0.3 is 4.74 Å². The Labute approximate surface area is 146 Å². The fourth-order valence-corrected chi connectivity index (χ4v) is 2.88. The van der Waals surface area contributed by atoms with Crippen molar-refractivity contribution in [3.05, 3.63) is 47.5 Å². The van der Waals surface area contributed by atoms with E-state index in [2.05, 4.69) is 38.7 Å². The summed E-state index contributed by atoms with van der Waals surface area (Å²) in [6.45, 7) is 10.6. The lowest BCUT2D eigenvalue weighted by atomic mass is 9.91. The van der Waals surface area contributed by atoms with Crippen LogP contribution in [0.1, 0.15) is 44.5 Å². The topological polar surface area (TPSA) is 29.5 Å². The molecule has 4 heteroatoms. The number of carbonyl (C=O) groups is 1. The van der Waals surface area contributed by atoms with Crippen LogP contribution in [-0.4, -0.2) is 36.1 Å². The van der Waals surface area contributed by atoms with Crippen molar-refractivity contribution in [3.63, 3.8) is 0 Å². The summed E-state index contributed by atoms with van der Waals surface area (Å²) < 4.78 is 5.75. The van der Waals surface area contributed by atoms with Gasteiger partial charge in [0.1, 0.15) is 6.10 Å². The second-order valence-corrected chi connectivity index (χ2v) is 6.61. The number of halogens is 1. The van der Waals surface area contributed by atoms with Crippen LogP contribution in [0.3, 0.4) is 0 Å². The van der Waals surface area contributed by atoms with Crippen LogP contribution in [-0.2, 0) is 4.74 Å². The average molecular weight is 338 g/mol. The molecule has 0 N–H and O–H groups in total. The van der Waals surface area contributed by atoms with Gasteiger partial charge in [-0.3, -0.25) is 4.90 Å². The first-order chi connectivity index (χ1) is 10.5. The first-order valence-electron chi connectivity index (χ1n) is 8.10. The van der Waals surface area contributed by atoms with Crippen LogP contribution in [0.5, 0.6) is 0 Å². The molecule has 3 nitrogen and oxygen atoms in total. The predicted octanol–water partition coefficient (Wildman–Crippen LogP) is 4.33. The Bertz CT molecular complexity index is 525. The van der Waals surface area contributed by atoms with Gasteiger partial charge in [0, 0.05) is 31.5 Å². The van der Waals surface area contributed by atoms with Gasteiger partial charge in [0.2, 0.25) is 0 Å². The molecule has 1 heterocycles. The maximum atomic E-state index is 12.2. The van der Waals surface area contributed by atoms with Crippen molar-refractivity contribution in [3.8, 4) is 0 Å². The fraction of sp³-hybridized carbons (Fsp3) is 0.526. The normalized spacial score (nSPS) is 24.4. The Morgan fingerprint density at radius 3 is 2.52 bits per heavy atom. The van der Waals surface area contributed by atoms with Crippen LogP contribution in [0.4, 0.5) is 0 Å². The van der Waals surface area contributed by atoms with Crippen LogP contribution < -0.4 is 0 Å². The highest BCUT2D eigenvalue weighted by molar-refractivity contribution is 5.89. The minimum absolute atomic E-state index is 0. The van der Waals surface area contributed by atoms with Crippen molar-refractivity contribution in [1.29, 1.82) is 0 Å². The lowest BCUT2D eigenvalue weighted by Gasteiger charge is -2.40. The van der Waals surface area contributed by atoms with E-state index in [4.69, 9.17) is 4.74 Å². The van der Waals surface area contributed by atoms with Gasteiger partial charge in [-0.15, -0.1) is 12.4 Å². The third-order valence-corrected chi connectivity index (χ3v) is 4.36. The number of esters is 1. The molecule has 0 aliphatic carbocycles. The Kier molecular flexibility index (Phi) is 7.80. The van der Waals surface area contributed by atoms with E-state index in [1.807, 2.05) is 18.2 Å². The zero-order valence-corrected chi connectivity index (χ0v) is 15.3. The highest BCUT2D eigenvalue weighted by atomic mass is 35.5. The molecule has 1 saturated heterocycles. The predicted molar refractivity (Wildman–Crippen MR) is 97.1 cm³/mol. The summed E-state index contributed by atoms with van der Waals surface area (Å²) in [5.74, 6) is 0.150. The van der Waals surface area contributed by atoms with Crippen molar-refractivity contribution >= 4 is 18.4 Å². The molecule has 128 valence electrons. The SMILES string of the molecule is CC(C)=CCN1CC(C)C(OC(=O)c2ccccc2)CC1C.Cl. The van der Waals surface area contributed by atoms with E-state index in [0.717, 1.165) is 19.5 Å². The first kappa shape index (κ1) is 19.7. The minimum atomic E-state index is -0.206. The van der Waals surface area contributed by atoms with Crippen molar-refractivity contribution in [1.82, 2.24) is 4.90 Å². The van der Waals surface area contributed by atoms with Crippen molar-refractivity contribution < 1.29 is 9.53 Å². The maximum absolute atomic E-state index is 12.2. The van der Waals surface area contributed by atoms with E-state index in [1.54, 1.807) is 12.1 Å². The number of nitrogens with zero attached hydrogens (tertiary/aromatic N) is 1. The number of rotatable bonds is 4. The highest BCUT2D eigenvalue weighted by Crippen LogP contribution is 2.25. The van der Waals surface area contributed by atoms with Gasteiger partial charge in [-0.05, 0) is 32.9 Å². The number of carbonyl (C=O) groups excluding carboxylic acids is 1. The van der Waals surface area contributed by atoms with E-state index < -0.39 is 0 Å². The van der Waals surface area contributed by atoms with E-state index in [1.165, 1.54) is 5.57 Å². The molecule has 3 unspecified atom stereocenters. The van der Waals surface area contributed by atoms with Crippen LogP contribution in [0.2, 0.25) is 0 Å². The number of ether oxygens (including phenoxy) is 1. The molecule has 0 amide bonds. The number of hydrogen-bond acceptors (Lipinski definition) is 3. The van der Waals surface area contributed by atoms with Crippen LogP contribution >= 0.6 is 12.4 Å². The molecule has 2 rings (SSSR count). The van der Waals surface area contributed by atoms with Crippen LogP contribution in [0, 0.1) is 5.92 Å². The van der Waals surface area contributed by atoms with Gasteiger partial charge in [0.05, 0.1) is 5.56 Å². The zero-order chi connectivity index (χ0) is 16.1. The molecular formula is C19H28ClNO2. The maximum Gasteiger partial charge on any atom is 0.338 e. The van der Waals surface area contributed by atoms with Gasteiger partial charge in [0.15, 0.2) is 0 Å². The molecule has 3 atom stereocenters. The van der Waals surface area contributed by atoms with Gasteiger partial charge in [-0.1, -0.05) is 36.8 Å². The molecule has 1 aliphatic heterocycles. The number of piperidine rings is 1. The van der Waals surface area contributed by atoms with Crippen molar-refractivity contribution in [2.24, 2.45) is 5.92 Å². The first-order valence-corrected chi connectivity index (χ1v) is 8.10. The standard InChI is InChI=1S/C19H27NO2.ClH/c1-14(2)10-11-20-13-15(3)18(12-16(20)4)22-19(21)17-8-6-5-7-9-17;/h5-10,15-16,18H,11-13H2,1-4H3;1H. The van der Waals surface area contributed by atoms with E-state index in [9.17, 15) is 4.79 Å². The molecule has 0 spiro atoms. The lowest BCUT2D eigenvalue weighted by Crippen LogP contribution is -2.48. The molecular weight excluding hydrogens is 310 g/mol. The molecule has 1 fully saturated rings. The molecule has 0 bridgehead atoms. The summed E-state index contributed by atoms with van der Waals surface area (Å²) >= 11 is 0. The van der Waals surface area contributed by atoms with Gasteiger partial charge in [0.25, 0.3) is 0 Å². The average Bonchev–Trinajstić information content (AvgIpc) is 2.50.